The summed E-state index contributed by atoms with van der Waals surface area (Å²) in [5.41, 5.74) is 11.6. The minimum Gasteiger partial charge on any atom is -0.398 e. The predicted molar refractivity (Wildman–Crippen MR) is 71.0 cm³/mol. The molecule has 0 aliphatic heterocycles. The van der Waals surface area contributed by atoms with Gasteiger partial charge in [-0.1, -0.05) is 42.5 Å². The number of hydrogen-bond acceptors (Lipinski definition) is 3. The van der Waals surface area contributed by atoms with Crippen LogP contribution in [0.15, 0.2) is 54.6 Å². The SMILES string of the molecule is NC=O.Nc1ccccc1C(=O)c1ccccc1. The van der Waals surface area contributed by atoms with Crippen molar-refractivity contribution < 1.29 is 9.59 Å². The fraction of sp³-hybridized carbons (Fsp3) is 0. The lowest BCUT2D eigenvalue weighted by Gasteiger charge is -2.03. The molecule has 18 heavy (non-hydrogen) atoms. The van der Waals surface area contributed by atoms with Gasteiger partial charge in [-0.05, 0) is 12.1 Å². The Morgan fingerprint density at radius 2 is 1.44 bits per heavy atom. The zero-order chi connectivity index (χ0) is 13.4. The van der Waals surface area contributed by atoms with E-state index in [-0.39, 0.29) is 12.2 Å². The van der Waals surface area contributed by atoms with Crippen LogP contribution >= 0.6 is 0 Å². The molecule has 0 aromatic heterocycles. The van der Waals surface area contributed by atoms with Crippen LogP contribution in [0.2, 0.25) is 0 Å². The average Bonchev–Trinajstić information content (AvgIpc) is 2.40. The maximum absolute atomic E-state index is 12.0. The van der Waals surface area contributed by atoms with Gasteiger partial charge in [-0.25, -0.2) is 0 Å². The van der Waals surface area contributed by atoms with Crippen LogP contribution in [-0.4, -0.2) is 12.2 Å². The Hall–Kier alpha value is -2.62. The van der Waals surface area contributed by atoms with Gasteiger partial charge in [-0.15, -0.1) is 0 Å². The molecule has 2 aromatic rings. The van der Waals surface area contributed by atoms with Crippen molar-refractivity contribution in [3.8, 4) is 0 Å². The lowest BCUT2D eigenvalue weighted by molar-refractivity contribution is -0.106. The van der Waals surface area contributed by atoms with E-state index in [0.29, 0.717) is 16.8 Å². The van der Waals surface area contributed by atoms with Crippen LogP contribution in [0, 0.1) is 0 Å². The molecule has 0 saturated heterocycles. The minimum absolute atomic E-state index is 0.0336. The highest BCUT2D eigenvalue weighted by molar-refractivity contribution is 6.11. The van der Waals surface area contributed by atoms with E-state index in [2.05, 4.69) is 5.73 Å². The van der Waals surface area contributed by atoms with Gasteiger partial charge < -0.3 is 11.5 Å². The summed E-state index contributed by atoms with van der Waals surface area (Å²) in [6.07, 6.45) is 0.250. The second-order valence-corrected chi connectivity index (χ2v) is 3.42. The van der Waals surface area contributed by atoms with E-state index in [4.69, 9.17) is 10.5 Å². The fourth-order valence-electron chi connectivity index (χ4n) is 1.45. The van der Waals surface area contributed by atoms with Crippen LogP contribution in [0.1, 0.15) is 15.9 Å². The largest absolute Gasteiger partial charge is 0.398 e. The number of carbonyl (C=O) groups is 2. The van der Waals surface area contributed by atoms with Gasteiger partial charge in [0.1, 0.15) is 0 Å². The van der Waals surface area contributed by atoms with E-state index < -0.39 is 0 Å². The molecule has 0 radical (unpaired) electrons. The molecule has 4 heteroatoms. The topological polar surface area (TPSA) is 86.2 Å². The molecule has 0 fully saturated rings. The monoisotopic (exact) mass is 242 g/mol. The smallest absolute Gasteiger partial charge is 0.204 e. The van der Waals surface area contributed by atoms with E-state index >= 15 is 0 Å². The number of rotatable bonds is 2. The highest BCUT2D eigenvalue weighted by Gasteiger charge is 2.10. The normalized spacial score (nSPS) is 8.89. The number of benzene rings is 2. The molecule has 0 atom stereocenters. The summed E-state index contributed by atoms with van der Waals surface area (Å²) in [6.45, 7) is 0. The third kappa shape index (κ3) is 3.45. The first-order valence-electron chi connectivity index (χ1n) is 5.30. The number of anilines is 1. The molecule has 0 bridgehead atoms. The van der Waals surface area contributed by atoms with Gasteiger partial charge in [0.15, 0.2) is 5.78 Å². The number of ketones is 1. The molecular weight excluding hydrogens is 228 g/mol. The molecule has 4 nitrogen and oxygen atoms in total. The number of amides is 1. The van der Waals surface area contributed by atoms with Crippen molar-refractivity contribution in [2.24, 2.45) is 5.73 Å². The zero-order valence-corrected chi connectivity index (χ0v) is 9.74. The lowest BCUT2D eigenvalue weighted by atomic mass is 10.0. The molecule has 0 aliphatic rings. The zero-order valence-electron chi connectivity index (χ0n) is 9.74. The van der Waals surface area contributed by atoms with Crippen molar-refractivity contribution >= 4 is 17.9 Å². The third-order valence-corrected chi connectivity index (χ3v) is 2.24. The Kier molecular flexibility index (Phi) is 5.12. The lowest BCUT2D eigenvalue weighted by Crippen LogP contribution is -2.04. The summed E-state index contributed by atoms with van der Waals surface area (Å²) in [5, 5.41) is 0. The number of carbonyl (C=O) groups excluding carboxylic acids is 2. The molecule has 0 aliphatic carbocycles. The van der Waals surface area contributed by atoms with Crippen LogP contribution in [-0.2, 0) is 4.79 Å². The van der Waals surface area contributed by atoms with Gasteiger partial charge in [0.25, 0.3) is 0 Å². The second-order valence-electron chi connectivity index (χ2n) is 3.42. The quantitative estimate of drug-likeness (QED) is 0.476. The van der Waals surface area contributed by atoms with Crippen LogP contribution in [0.25, 0.3) is 0 Å². The Balaban J connectivity index is 0.000000492. The summed E-state index contributed by atoms with van der Waals surface area (Å²) in [5.74, 6) is -0.0336. The molecule has 0 saturated carbocycles. The van der Waals surface area contributed by atoms with Gasteiger partial charge in [0.2, 0.25) is 6.41 Å². The standard InChI is InChI=1S/C13H11NO.CH3NO/c14-12-9-5-4-8-11(12)13(15)10-6-2-1-3-7-10;2-1-3/h1-9H,14H2;1H,(H2,2,3). The second kappa shape index (κ2) is 6.85. The van der Waals surface area contributed by atoms with Gasteiger partial charge in [0, 0.05) is 16.8 Å². The first-order chi connectivity index (χ1) is 8.70. The minimum atomic E-state index is -0.0336. The van der Waals surface area contributed by atoms with Crippen LogP contribution < -0.4 is 11.5 Å². The summed E-state index contributed by atoms with van der Waals surface area (Å²) in [7, 11) is 0. The van der Waals surface area contributed by atoms with E-state index in [1.54, 1.807) is 24.3 Å². The molecule has 1 amide bonds. The van der Waals surface area contributed by atoms with E-state index in [0.717, 1.165) is 0 Å². The molecular formula is C14H14N2O2. The third-order valence-electron chi connectivity index (χ3n) is 2.24. The van der Waals surface area contributed by atoms with Crippen molar-refractivity contribution in [3.63, 3.8) is 0 Å². The summed E-state index contributed by atoms with van der Waals surface area (Å²) in [6, 6.07) is 16.2. The molecule has 0 unspecified atom stereocenters. The number of nitrogen functional groups attached to an aromatic ring is 1. The number of hydrogen-bond donors (Lipinski definition) is 2. The predicted octanol–water partition coefficient (Wildman–Crippen LogP) is 1.60. The van der Waals surface area contributed by atoms with Gasteiger partial charge in [-0.2, -0.15) is 0 Å². The summed E-state index contributed by atoms with van der Waals surface area (Å²) in [4.78, 5) is 20.6. The first-order valence-corrected chi connectivity index (χ1v) is 5.30. The van der Waals surface area contributed by atoms with Crippen molar-refractivity contribution in [1.29, 1.82) is 0 Å². The van der Waals surface area contributed by atoms with Crippen LogP contribution in [0.4, 0.5) is 5.69 Å². The maximum atomic E-state index is 12.0. The van der Waals surface area contributed by atoms with E-state index in [1.165, 1.54) is 0 Å². The highest BCUT2D eigenvalue weighted by Crippen LogP contribution is 2.15. The fourth-order valence-corrected chi connectivity index (χ4v) is 1.45. The molecule has 4 N–H and O–H groups in total. The Morgan fingerprint density at radius 1 is 0.944 bits per heavy atom. The molecule has 2 rings (SSSR count). The molecule has 0 heterocycles. The van der Waals surface area contributed by atoms with E-state index in [9.17, 15) is 4.79 Å². The molecule has 0 spiro atoms. The number of para-hydroxylation sites is 1. The van der Waals surface area contributed by atoms with Crippen LogP contribution in [0.5, 0.6) is 0 Å². The van der Waals surface area contributed by atoms with Crippen molar-refractivity contribution in [1.82, 2.24) is 0 Å². The maximum Gasteiger partial charge on any atom is 0.204 e. The highest BCUT2D eigenvalue weighted by atomic mass is 16.1. The Bertz CT molecular complexity index is 524. The van der Waals surface area contributed by atoms with Crippen molar-refractivity contribution in [3.05, 3.63) is 65.7 Å². The van der Waals surface area contributed by atoms with Gasteiger partial charge in [0.05, 0.1) is 0 Å². The van der Waals surface area contributed by atoms with Crippen molar-refractivity contribution in [2.75, 3.05) is 5.73 Å². The number of nitrogens with two attached hydrogens (primary N) is 2. The van der Waals surface area contributed by atoms with Gasteiger partial charge in [-0.3, -0.25) is 9.59 Å². The Morgan fingerprint density at radius 3 is 2.00 bits per heavy atom. The first kappa shape index (κ1) is 13.4. The Labute approximate surface area is 105 Å². The van der Waals surface area contributed by atoms with Crippen LogP contribution in [0.3, 0.4) is 0 Å². The average molecular weight is 242 g/mol. The molecule has 92 valence electrons. The summed E-state index contributed by atoms with van der Waals surface area (Å²) < 4.78 is 0. The van der Waals surface area contributed by atoms with Gasteiger partial charge >= 0.3 is 0 Å². The molecule has 2 aromatic carbocycles. The van der Waals surface area contributed by atoms with Crippen molar-refractivity contribution in [2.45, 2.75) is 0 Å². The van der Waals surface area contributed by atoms with E-state index in [1.807, 2.05) is 30.3 Å². The summed E-state index contributed by atoms with van der Waals surface area (Å²) >= 11 is 0. The number of primary amides is 1.